The lowest BCUT2D eigenvalue weighted by Crippen LogP contribution is -2.37. The number of nitrogens with zero attached hydrogens (tertiary/aromatic N) is 3. The van der Waals surface area contributed by atoms with Crippen LogP contribution in [-0.2, 0) is 33.4 Å². The predicted molar refractivity (Wildman–Crippen MR) is 139 cm³/mol. The molecular formula is C28H35N3O4S. The lowest BCUT2D eigenvalue weighted by atomic mass is 10.1. The Morgan fingerprint density at radius 3 is 2.61 bits per heavy atom. The van der Waals surface area contributed by atoms with E-state index in [9.17, 15) is 13.2 Å². The zero-order valence-corrected chi connectivity index (χ0v) is 22.1. The van der Waals surface area contributed by atoms with Crippen molar-refractivity contribution in [1.82, 2.24) is 14.5 Å². The number of carbonyl (C=O) groups is 1. The highest BCUT2D eigenvalue weighted by Gasteiger charge is 2.28. The minimum atomic E-state index is -3.69. The van der Waals surface area contributed by atoms with Crippen molar-refractivity contribution >= 4 is 15.7 Å². The Bertz CT molecular complexity index is 1280. The summed E-state index contributed by atoms with van der Waals surface area (Å²) in [6, 6.07) is 16.7. The van der Waals surface area contributed by atoms with E-state index in [1.807, 2.05) is 63.2 Å². The molecule has 1 aliphatic rings. The fraction of sp³-hybridized carbons (Fsp3) is 0.429. The van der Waals surface area contributed by atoms with Gasteiger partial charge in [-0.15, -0.1) is 0 Å². The van der Waals surface area contributed by atoms with Crippen LogP contribution in [-0.4, -0.2) is 48.0 Å². The third kappa shape index (κ3) is 6.42. The molecule has 1 saturated heterocycles. The van der Waals surface area contributed by atoms with Crippen LogP contribution in [0.25, 0.3) is 0 Å². The van der Waals surface area contributed by atoms with Crippen molar-refractivity contribution in [1.29, 1.82) is 0 Å². The van der Waals surface area contributed by atoms with Gasteiger partial charge < -0.3 is 14.2 Å². The van der Waals surface area contributed by atoms with E-state index < -0.39 is 9.84 Å². The number of sulfone groups is 1. The molecule has 3 aromatic rings. The summed E-state index contributed by atoms with van der Waals surface area (Å²) in [6.45, 7) is 7.93. The van der Waals surface area contributed by atoms with Crippen LogP contribution in [0.15, 0.2) is 66.0 Å². The Morgan fingerprint density at radius 2 is 1.94 bits per heavy atom. The second-order valence-corrected chi connectivity index (χ2v) is 11.9. The summed E-state index contributed by atoms with van der Waals surface area (Å²) in [7, 11) is -3.69. The molecule has 1 amide bonds. The van der Waals surface area contributed by atoms with Crippen molar-refractivity contribution < 1.29 is 17.9 Å². The number of aryl methyl sites for hydroxylation is 1. The minimum absolute atomic E-state index is 0.0244. The van der Waals surface area contributed by atoms with Crippen molar-refractivity contribution in [2.24, 2.45) is 5.92 Å². The molecule has 1 atom stereocenters. The topological polar surface area (TPSA) is 81.5 Å². The number of carbonyl (C=O) groups excluding carboxylic acids is 1. The van der Waals surface area contributed by atoms with Gasteiger partial charge >= 0.3 is 0 Å². The quantitative estimate of drug-likeness (QED) is 0.398. The first kappa shape index (κ1) is 26.1. The number of rotatable bonds is 10. The molecule has 1 aliphatic heterocycles. The maximum atomic E-state index is 13.5. The van der Waals surface area contributed by atoms with Crippen LogP contribution in [0.4, 0.5) is 0 Å². The summed E-state index contributed by atoms with van der Waals surface area (Å²) in [6.07, 6.45) is 3.46. The number of hydrogen-bond donors (Lipinski definition) is 0. The first-order chi connectivity index (χ1) is 17.2. The van der Waals surface area contributed by atoms with Gasteiger partial charge in [0.1, 0.15) is 0 Å². The normalized spacial score (nSPS) is 15.9. The summed E-state index contributed by atoms with van der Waals surface area (Å²) in [5, 5.41) is 0.0527. The molecule has 2 aromatic carbocycles. The van der Waals surface area contributed by atoms with E-state index in [4.69, 9.17) is 4.74 Å². The standard InChI is InChI=1S/C28H35N3O4S/c1-21(2)17-31-25(16-29-28(31)36(33,34)20-23-10-7-9-22(3)15-23)18-30(19-26-13-8-14-35-26)27(32)24-11-5-4-6-12-24/h4-7,9-12,15-16,21,26H,8,13-14,17-20H2,1-3H3/t26-/m1/s1. The SMILES string of the molecule is Cc1cccc(CS(=O)(=O)c2ncc(CN(C[C@H]3CCCO3)C(=O)c3ccccc3)n2CC(C)C)c1. The predicted octanol–water partition coefficient (Wildman–Crippen LogP) is 4.64. The third-order valence-electron chi connectivity index (χ3n) is 6.28. The van der Waals surface area contributed by atoms with Crippen molar-refractivity contribution in [2.75, 3.05) is 13.2 Å². The molecule has 0 unspecified atom stereocenters. The number of hydrogen-bond acceptors (Lipinski definition) is 5. The van der Waals surface area contributed by atoms with E-state index >= 15 is 0 Å². The minimum Gasteiger partial charge on any atom is -0.376 e. The second kappa shape index (κ2) is 11.4. The Morgan fingerprint density at radius 1 is 1.17 bits per heavy atom. The molecule has 0 N–H and O–H groups in total. The van der Waals surface area contributed by atoms with Crippen LogP contribution >= 0.6 is 0 Å². The monoisotopic (exact) mass is 509 g/mol. The highest BCUT2D eigenvalue weighted by atomic mass is 32.2. The first-order valence-corrected chi connectivity index (χ1v) is 14.2. The van der Waals surface area contributed by atoms with E-state index in [1.165, 1.54) is 0 Å². The molecule has 0 aliphatic carbocycles. The van der Waals surface area contributed by atoms with Crippen LogP contribution in [0.1, 0.15) is 53.9 Å². The summed E-state index contributed by atoms with van der Waals surface area (Å²) < 4.78 is 34.5. The Kier molecular flexibility index (Phi) is 8.26. The van der Waals surface area contributed by atoms with Gasteiger partial charge in [0.2, 0.25) is 15.0 Å². The van der Waals surface area contributed by atoms with Crippen LogP contribution in [0.5, 0.6) is 0 Å². The van der Waals surface area contributed by atoms with E-state index in [1.54, 1.807) is 27.8 Å². The molecule has 36 heavy (non-hydrogen) atoms. The van der Waals surface area contributed by atoms with E-state index in [0.29, 0.717) is 31.0 Å². The second-order valence-electron chi connectivity index (χ2n) is 9.97. The molecule has 1 aromatic heterocycles. The smallest absolute Gasteiger partial charge is 0.254 e. The number of ether oxygens (including phenoxy) is 1. The fourth-order valence-corrected chi connectivity index (χ4v) is 6.11. The molecule has 1 fully saturated rings. The van der Waals surface area contributed by atoms with Gasteiger partial charge in [-0.2, -0.15) is 0 Å². The molecule has 0 spiro atoms. The number of benzene rings is 2. The summed E-state index contributed by atoms with van der Waals surface area (Å²) in [5.74, 6) is -0.0268. The Balaban J connectivity index is 1.66. The van der Waals surface area contributed by atoms with Gasteiger partial charge in [-0.3, -0.25) is 4.79 Å². The number of imidazole rings is 1. The van der Waals surface area contributed by atoms with Gasteiger partial charge in [-0.25, -0.2) is 13.4 Å². The molecule has 7 nitrogen and oxygen atoms in total. The summed E-state index contributed by atoms with van der Waals surface area (Å²) >= 11 is 0. The molecule has 0 radical (unpaired) electrons. The maximum Gasteiger partial charge on any atom is 0.254 e. The molecule has 8 heteroatoms. The number of aromatic nitrogens is 2. The zero-order valence-electron chi connectivity index (χ0n) is 21.3. The van der Waals surface area contributed by atoms with Crippen LogP contribution in [0, 0.1) is 12.8 Å². The van der Waals surface area contributed by atoms with E-state index in [-0.39, 0.29) is 35.4 Å². The zero-order chi connectivity index (χ0) is 25.7. The van der Waals surface area contributed by atoms with Crippen molar-refractivity contribution in [3.8, 4) is 0 Å². The number of amides is 1. The average Bonchev–Trinajstić information content (AvgIpc) is 3.49. The van der Waals surface area contributed by atoms with Crippen LogP contribution < -0.4 is 0 Å². The highest BCUT2D eigenvalue weighted by molar-refractivity contribution is 7.90. The Labute approximate surface area is 214 Å². The molecule has 0 bridgehead atoms. The van der Waals surface area contributed by atoms with Crippen molar-refractivity contribution in [3.63, 3.8) is 0 Å². The van der Waals surface area contributed by atoms with E-state index in [2.05, 4.69) is 4.98 Å². The van der Waals surface area contributed by atoms with Crippen LogP contribution in [0.2, 0.25) is 0 Å². The van der Waals surface area contributed by atoms with E-state index in [0.717, 1.165) is 24.0 Å². The molecule has 0 saturated carbocycles. The largest absolute Gasteiger partial charge is 0.376 e. The molecular weight excluding hydrogens is 474 g/mol. The Hall–Kier alpha value is -2.97. The van der Waals surface area contributed by atoms with Gasteiger partial charge in [0.15, 0.2) is 0 Å². The lowest BCUT2D eigenvalue weighted by molar-refractivity contribution is 0.0501. The van der Waals surface area contributed by atoms with Gasteiger partial charge in [-0.05, 0) is 43.4 Å². The van der Waals surface area contributed by atoms with Crippen LogP contribution in [0.3, 0.4) is 0 Å². The van der Waals surface area contributed by atoms with Crippen molar-refractivity contribution in [2.45, 2.75) is 63.7 Å². The van der Waals surface area contributed by atoms with Gasteiger partial charge in [0, 0.05) is 25.3 Å². The highest BCUT2D eigenvalue weighted by Crippen LogP contribution is 2.23. The lowest BCUT2D eigenvalue weighted by Gasteiger charge is -2.26. The third-order valence-corrected chi connectivity index (χ3v) is 7.87. The van der Waals surface area contributed by atoms with Gasteiger partial charge in [0.25, 0.3) is 5.91 Å². The molecule has 192 valence electrons. The summed E-state index contributed by atoms with van der Waals surface area (Å²) in [5.41, 5.74) is 3.04. The average molecular weight is 510 g/mol. The first-order valence-electron chi connectivity index (χ1n) is 12.5. The maximum absolute atomic E-state index is 13.5. The van der Waals surface area contributed by atoms with Crippen molar-refractivity contribution in [3.05, 3.63) is 83.2 Å². The summed E-state index contributed by atoms with van der Waals surface area (Å²) in [4.78, 5) is 19.6. The molecule has 2 heterocycles. The fourth-order valence-electron chi connectivity index (χ4n) is 4.62. The van der Waals surface area contributed by atoms with Gasteiger partial charge in [0.05, 0.1) is 30.3 Å². The molecule has 4 rings (SSSR count). The van der Waals surface area contributed by atoms with Gasteiger partial charge in [-0.1, -0.05) is 61.9 Å².